The number of nitrogens with zero attached hydrogens (tertiary/aromatic N) is 3. The molecule has 4 rings (SSSR count). The molecule has 5 heteroatoms. The molecule has 0 aliphatic heterocycles. The van der Waals surface area contributed by atoms with E-state index in [9.17, 15) is 9.59 Å². The molecule has 36 heavy (non-hydrogen) atoms. The van der Waals surface area contributed by atoms with Crippen LogP contribution in [0.15, 0.2) is 83.7 Å². The fraction of sp³-hybridized carbons (Fsp3) is 0.323. The lowest BCUT2D eigenvalue weighted by molar-refractivity contribution is 0.0648. The average molecular weight is 482 g/mol. The zero-order valence-corrected chi connectivity index (χ0v) is 21.6. The van der Waals surface area contributed by atoms with Crippen LogP contribution in [0.25, 0.3) is 16.6 Å². The Morgan fingerprint density at radius 1 is 0.917 bits per heavy atom. The van der Waals surface area contributed by atoms with Gasteiger partial charge in [0.25, 0.3) is 11.5 Å². The molecule has 0 aliphatic rings. The third kappa shape index (κ3) is 5.25. The molecule has 0 bridgehead atoms. The topological polar surface area (TPSA) is 55.2 Å². The molecule has 0 saturated heterocycles. The van der Waals surface area contributed by atoms with Crippen LogP contribution in [-0.2, 0) is 6.42 Å². The highest BCUT2D eigenvalue weighted by molar-refractivity contribution is 5.94. The first kappa shape index (κ1) is 25.4. The van der Waals surface area contributed by atoms with Gasteiger partial charge >= 0.3 is 0 Å². The summed E-state index contributed by atoms with van der Waals surface area (Å²) in [5.41, 5.74) is 3.14. The lowest BCUT2D eigenvalue weighted by Gasteiger charge is -2.33. The maximum atomic E-state index is 13.9. The van der Waals surface area contributed by atoms with Gasteiger partial charge in [-0.2, -0.15) is 0 Å². The lowest BCUT2D eigenvalue weighted by Crippen LogP contribution is -2.39. The SMILES string of the molecule is CCc1ccc(-n2c(C(CC)N(CCC(C)C)C(=O)c3ccccc3)nc3ccccc3c2=O)cc1. The first-order chi connectivity index (χ1) is 17.4. The molecule has 1 aromatic heterocycles. The number of para-hydroxylation sites is 1. The van der Waals surface area contributed by atoms with E-state index in [1.807, 2.05) is 83.8 Å². The van der Waals surface area contributed by atoms with E-state index in [1.54, 1.807) is 4.57 Å². The number of hydrogen-bond acceptors (Lipinski definition) is 3. The zero-order chi connectivity index (χ0) is 25.7. The van der Waals surface area contributed by atoms with Crippen LogP contribution in [0.1, 0.15) is 68.3 Å². The van der Waals surface area contributed by atoms with Crippen LogP contribution < -0.4 is 5.56 Å². The minimum absolute atomic E-state index is 0.0432. The van der Waals surface area contributed by atoms with Crippen LogP contribution in [0, 0.1) is 5.92 Å². The molecule has 4 aromatic rings. The molecule has 3 aromatic carbocycles. The van der Waals surface area contributed by atoms with Gasteiger partial charge in [0.05, 0.1) is 22.6 Å². The van der Waals surface area contributed by atoms with Crippen molar-refractivity contribution in [2.45, 2.75) is 53.0 Å². The Morgan fingerprint density at radius 3 is 2.22 bits per heavy atom. The van der Waals surface area contributed by atoms with E-state index in [1.165, 1.54) is 5.56 Å². The van der Waals surface area contributed by atoms with Gasteiger partial charge in [0.2, 0.25) is 0 Å². The first-order valence-electron chi connectivity index (χ1n) is 12.9. The molecular formula is C31H35N3O2. The van der Waals surface area contributed by atoms with Gasteiger partial charge in [0.1, 0.15) is 5.82 Å². The Labute approximate surface area is 213 Å². The summed E-state index contributed by atoms with van der Waals surface area (Å²) in [5, 5.41) is 0.568. The van der Waals surface area contributed by atoms with Crippen molar-refractivity contribution >= 4 is 16.8 Å². The van der Waals surface area contributed by atoms with Crippen LogP contribution in [0.4, 0.5) is 0 Å². The molecule has 0 radical (unpaired) electrons. The Morgan fingerprint density at radius 2 is 1.58 bits per heavy atom. The predicted octanol–water partition coefficient (Wildman–Crippen LogP) is 6.59. The summed E-state index contributed by atoms with van der Waals surface area (Å²) in [6.07, 6.45) is 2.41. The number of carbonyl (C=O) groups is 1. The fourth-order valence-electron chi connectivity index (χ4n) is 4.59. The van der Waals surface area contributed by atoms with Gasteiger partial charge in [0.15, 0.2) is 0 Å². The van der Waals surface area contributed by atoms with Crippen molar-refractivity contribution in [3.05, 3.63) is 106 Å². The molecule has 0 spiro atoms. The van der Waals surface area contributed by atoms with Crippen molar-refractivity contribution in [1.29, 1.82) is 0 Å². The van der Waals surface area contributed by atoms with Crippen molar-refractivity contribution in [1.82, 2.24) is 14.5 Å². The monoisotopic (exact) mass is 481 g/mol. The molecule has 0 aliphatic carbocycles. The van der Waals surface area contributed by atoms with E-state index < -0.39 is 0 Å². The second-order valence-corrected chi connectivity index (χ2v) is 9.62. The standard InChI is InChI=1S/C31H35N3O2/c1-5-23-16-18-25(19-17-23)34-29(32-27-15-11-10-14-26(27)31(34)36)28(6-2)33(21-20-22(3)4)30(35)24-12-8-7-9-13-24/h7-19,22,28H,5-6,20-21H2,1-4H3. The first-order valence-corrected chi connectivity index (χ1v) is 12.9. The quantitative estimate of drug-likeness (QED) is 0.271. The Balaban J connectivity index is 1.93. The van der Waals surface area contributed by atoms with Crippen molar-refractivity contribution in [2.24, 2.45) is 5.92 Å². The summed E-state index contributed by atoms with van der Waals surface area (Å²) >= 11 is 0. The normalized spacial score (nSPS) is 12.1. The summed E-state index contributed by atoms with van der Waals surface area (Å²) in [6, 6.07) is 24.5. The van der Waals surface area contributed by atoms with Gasteiger partial charge in [-0.3, -0.25) is 14.2 Å². The number of carbonyl (C=O) groups excluding carboxylic acids is 1. The molecule has 186 valence electrons. The van der Waals surface area contributed by atoms with Gasteiger partial charge in [-0.15, -0.1) is 0 Å². The molecule has 1 heterocycles. The van der Waals surface area contributed by atoms with E-state index in [0.717, 1.165) is 18.5 Å². The van der Waals surface area contributed by atoms with Crippen molar-refractivity contribution in [2.75, 3.05) is 6.54 Å². The number of benzene rings is 3. The summed E-state index contributed by atoms with van der Waals surface area (Å²) < 4.78 is 1.70. The van der Waals surface area contributed by atoms with Crippen molar-refractivity contribution < 1.29 is 4.79 Å². The Kier molecular flexibility index (Phi) is 7.99. The van der Waals surface area contributed by atoms with Crippen LogP contribution in [-0.4, -0.2) is 26.9 Å². The third-order valence-electron chi connectivity index (χ3n) is 6.69. The van der Waals surface area contributed by atoms with E-state index in [2.05, 4.69) is 27.7 Å². The maximum absolute atomic E-state index is 13.9. The van der Waals surface area contributed by atoms with Gasteiger partial charge in [-0.25, -0.2) is 4.98 Å². The maximum Gasteiger partial charge on any atom is 0.266 e. The molecule has 1 unspecified atom stereocenters. The van der Waals surface area contributed by atoms with E-state index in [0.29, 0.717) is 41.2 Å². The van der Waals surface area contributed by atoms with Crippen LogP contribution in [0.3, 0.4) is 0 Å². The van der Waals surface area contributed by atoms with Crippen LogP contribution >= 0.6 is 0 Å². The van der Waals surface area contributed by atoms with Crippen molar-refractivity contribution in [3.63, 3.8) is 0 Å². The zero-order valence-electron chi connectivity index (χ0n) is 21.6. The number of hydrogen-bond donors (Lipinski definition) is 0. The van der Waals surface area contributed by atoms with Crippen LogP contribution in [0.5, 0.6) is 0 Å². The molecule has 0 N–H and O–H groups in total. The van der Waals surface area contributed by atoms with Gasteiger partial charge in [-0.05, 0) is 67.1 Å². The summed E-state index contributed by atoms with van der Waals surface area (Å²) in [4.78, 5) is 34.6. The van der Waals surface area contributed by atoms with E-state index in [4.69, 9.17) is 4.98 Å². The summed E-state index contributed by atoms with van der Waals surface area (Å²) in [7, 11) is 0. The second-order valence-electron chi connectivity index (χ2n) is 9.62. The molecule has 0 fully saturated rings. The molecular weight excluding hydrogens is 446 g/mol. The van der Waals surface area contributed by atoms with E-state index >= 15 is 0 Å². The molecule has 5 nitrogen and oxygen atoms in total. The highest BCUT2D eigenvalue weighted by atomic mass is 16.2. The number of fused-ring (bicyclic) bond motifs is 1. The fourth-order valence-corrected chi connectivity index (χ4v) is 4.59. The highest BCUT2D eigenvalue weighted by Crippen LogP contribution is 2.28. The van der Waals surface area contributed by atoms with Crippen molar-refractivity contribution in [3.8, 4) is 5.69 Å². The number of aryl methyl sites for hydroxylation is 1. The van der Waals surface area contributed by atoms with Gasteiger partial charge < -0.3 is 4.90 Å². The number of aromatic nitrogens is 2. The third-order valence-corrected chi connectivity index (χ3v) is 6.69. The highest BCUT2D eigenvalue weighted by Gasteiger charge is 2.29. The van der Waals surface area contributed by atoms with Crippen LogP contribution in [0.2, 0.25) is 0 Å². The average Bonchev–Trinajstić information content (AvgIpc) is 2.91. The second kappa shape index (κ2) is 11.3. The number of amides is 1. The summed E-state index contributed by atoms with van der Waals surface area (Å²) in [6.45, 7) is 9.06. The summed E-state index contributed by atoms with van der Waals surface area (Å²) in [5.74, 6) is 0.985. The Bertz CT molecular complexity index is 1370. The predicted molar refractivity (Wildman–Crippen MR) is 147 cm³/mol. The van der Waals surface area contributed by atoms with Gasteiger partial charge in [0, 0.05) is 12.1 Å². The smallest absolute Gasteiger partial charge is 0.266 e. The Hall–Kier alpha value is -3.73. The lowest BCUT2D eigenvalue weighted by atomic mass is 10.0. The van der Waals surface area contributed by atoms with Gasteiger partial charge in [-0.1, -0.05) is 70.2 Å². The molecule has 0 saturated carbocycles. The molecule has 1 amide bonds. The minimum atomic E-state index is -0.361. The number of rotatable bonds is 9. The largest absolute Gasteiger partial charge is 0.328 e. The van der Waals surface area contributed by atoms with E-state index in [-0.39, 0.29) is 17.5 Å². The minimum Gasteiger partial charge on any atom is -0.328 e. The molecule has 1 atom stereocenters.